The second kappa shape index (κ2) is 30.9. The number of benzene rings is 5. The molecule has 0 aliphatic carbocycles. The average molecular weight is 1210 g/mol. The molecule has 0 bridgehead atoms. The van der Waals surface area contributed by atoms with Gasteiger partial charge in [-0.1, -0.05) is 57.2 Å². The third kappa shape index (κ3) is 17.8. The molecule has 20 nitrogen and oxygen atoms in total. The predicted octanol–water partition coefficient (Wildman–Crippen LogP) is 8.24. The summed E-state index contributed by atoms with van der Waals surface area (Å²) in [6.45, 7) is 12.1. The fraction of sp³-hybridized carbons (Fsp3) is 0.359. The lowest BCUT2D eigenvalue weighted by molar-refractivity contribution is -0.144. The van der Waals surface area contributed by atoms with Gasteiger partial charge in [0, 0.05) is 44.6 Å². The molecule has 86 heavy (non-hydrogen) atoms. The van der Waals surface area contributed by atoms with Gasteiger partial charge in [0.25, 0.3) is 5.91 Å². The Labute approximate surface area is 507 Å². The number of thiazole rings is 1. The number of nitrogens with zero attached hydrogens (tertiary/aromatic N) is 3. The Hall–Kier alpha value is -7.93. The molecule has 0 saturated carbocycles. The van der Waals surface area contributed by atoms with Crippen LogP contribution in [-0.2, 0) is 38.1 Å². The number of aryl methyl sites for hydroxylation is 1. The highest BCUT2D eigenvalue weighted by molar-refractivity contribution is 7.22. The Morgan fingerprint density at radius 1 is 0.721 bits per heavy atom. The Bertz CT molecular complexity index is 3420. The van der Waals surface area contributed by atoms with Crippen molar-refractivity contribution < 1.29 is 67.7 Å². The van der Waals surface area contributed by atoms with Crippen molar-refractivity contribution in [2.45, 2.75) is 65.3 Å². The molecule has 4 amide bonds. The molecule has 4 atom stereocenters. The van der Waals surface area contributed by atoms with Gasteiger partial charge in [-0.15, -0.1) is 22.7 Å². The molecule has 2 aromatic heterocycles. The van der Waals surface area contributed by atoms with Crippen LogP contribution in [0.15, 0.2) is 126 Å². The van der Waals surface area contributed by atoms with Crippen molar-refractivity contribution >= 4 is 68.4 Å². The van der Waals surface area contributed by atoms with E-state index in [4.69, 9.17) is 28.4 Å². The molecule has 4 unspecified atom stereocenters. The molecule has 0 radical (unpaired) electrons. The van der Waals surface area contributed by atoms with Crippen molar-refractivity contribution in [3.8, 4) is 38.1 Å². The minimum Gasteiger partial charge on any atom is -0.508 e. The number of likely N-dealkylation sites (tertiary alicyclic amines) is 1. The van der Waals surface area contributed by atoms with Gasteiger partial charge in [-0.2, -0.15) is 5.10 Å². The number of aromatic nitrogens is 1. The zero-order valence-electron chi connectivity index (χ0n) is 48.6. The highest BCUT2D eigenvalue weighted by Crippen LogP contribution is 2.42. The number of ketones is 1. The van der Waals surface area contributed by atoms with Gasteiger partial charge in [-0.3, -0.25) is 24.0 Å². The van der Waals surface area contributed by atoms with E-state index < -0.39 is 41.3 Å². The lowest BCUT2D eigenvalue weighted by Gasteiger charge is -2.35. The number of fused-ring (bicyclic) bond motifs is 1. The van der Waals surface area contributed by atoms with Crippen molar-refractivity contribution in [1.29, 1.82) is 0 Å². The summed E-state index contributed by atoms with van der Waals surface area (Å²) in [7, 11) is 0. The van der Waals surface area contributed by atoms with Crippen LogP contribution in [0, 0.1) is 12.3 Å². The lowest BCUT2D eigenvalue weighted by Crippen LogP contribution is -2.58. The number of carbonyl (C=O) groups excluding carboxylic acids is 5. The van der Waals surface area contributed by atoms with E-state index in [0.717, 1.165) is 37.5 Å². The van der Waals surface area contributed by atoms with E-state index in [1.807, 2.05) is 64.4 Å². The van der Waals surface area contributed by atoms with Crippen LogP contribution in [0.4, 0.5) is 0 Å². The number of aliphatic hydroxyl groups is 1. The number of hydrazone groups is 1. The van der Waals surface area contributed by atoms with Crippen molar-refractivity contribution in [3.05, 3.63) is 154 Å². The summed E-state index contributed by atoms with van der Waals surface area (Å²) in [5.41, 5.74) is 9.11. The van der Waals surface area contributed by atoms with Crippen LogP contribution in [0.1, 0.15) is 83.3 Å². The first-order chi connectivity index (χ1) is 41.4. The second-order valence-corrected chi connectivity index (χ2v) is 23.3. The Morgan fingerprint density at radius 3 is 1.92 bits per heavy atom. The molecule has 6 N–H and O–H groups in total. The molecular weight excluding hydrogens is 1140 g/mol. The third-order valence-corrected chi connectivity index (χ3v) is 16.2. The summed E-state index contributed by atoms with van der Waals surface area (Å²) in [6, 6.07) is 30.5. The fourth-order valence-electron chi connectivity index (χ4n) is 9.41. The van der Waals surface area contributed by atoms with Crippen LogP contribution >= 0.6 is 22.7 Å². The molecular formula is C64H72N6O14S2. The van der Waals surface area contributed by atoms with Gasteiger partial charge in [0.05, 0.1) is 93.9 Å². The van der Waals surface area contributed by atoms with Gasteiger partial charge in [0.1, 0.15) is 42.5 Å². The molecule has 8 rings (SSSR count). The maximum atomic E-state index is 14.0. The number of phenolic OH excluding ortho intramolecular Hbond substituents is 2. The SMILES string of the molecule is Cc1ncsc1-c1ccc(C(C)NC(=O)C2CC(O)CN2C(=O)C(NC(=O)COCCOCCOCCOCCOCCOc2ccc(C=NNC(=O)c3ccc(C(=O)c4c(-c5ccc(O)cc5)sc5cc(O)ccc45)cc3)cc2)C(C)(C)C)cc1. The molecule has 7 aromatic rings. The molecule has 0 spiro atoms. The predicted molar refractivity (Wildman–Crippen MR) is 328 cm³/mol. The molecule has 1 aliphatic heterocycles. The third-order valence-electron chi connectivity index (χ3n) is 14.0. The monoisotopic (exact) mass is 1210 g/mol. The quantitative estimate of drug-likeness (QED) is 0.0107. The summed E-state index contributed by atoms with van der Waals surface area (Å²) in [5.74, 6) is -1.22. The van der Waals surface area contributed by atoms with E-state index in [2.05, 4.69) is 26.1 Å². The number of hydrogen-bond donors (Lipinski definition) is 6. The van der Waals surface area contributed by atoms with Crippen LogP contribution in [0.3, 0.4) is 0 Å². The van der Waals surface area contributed by atoms with Crippen LogP contribution in [-0.4, -0.2) is 158 Å². The van der Waals surface area contributed by atoms with Gasteiger partial charge in [-0.25, -0.2) is 10.4 Å². The summed E-state index contributed by atoms with van der Waals surface area (Å²) in [5, 5.41) is 41.1. The molecule has 1 fully saturated rings. The number of nitrogens with one attached hydrogen (secondary N) is 3. The Kier molecular flexibility index (Phi) is 23.0. The minimum atomic E-state index is -0.987. The summed E-state index contributed by atoms with van der Waals surface area (Å²) >= 11 is 2.93. The smallest absolute Gasteiger partial charge is 0.271 e. The highest BCUT2D eigenvalue weighted by atomic mass is 32.1. The Morgan fingerprint density at radius 2 is 1.30 bits per heavy atom. The number of hydrogen-bond acceptors (Lipinski definition) is 18. The number of β-amino-alcohol motifs (C(OH)–C–C–N with tert-alkyl or cyclic N) is 1. The summed E-state index contributed by atoms with van der Waals surface area (Å²) in [6.07, 6.45) is 0.689. The first-order valence-electron chi connectivity index (χ1n) is 28.2. The largest absolute Gasteiger partial charge is 0.508 e. The molecule has 1 aliphatic rings. The van der Waals surface area contributed by atoms with E-state index in [-0.39, 0.29) is 62.0 Å². The highest BCUT2D eigenvalue weighted by Gasteiger charge is 2.45. The zero-order chi connectivity index (χ0) is 61.2. The number of thiophene rings is 1. The molecule has 5 aromatic carbocycles. The molecule has 454 valence electrons. The summed E-state index contributed by atoms with van der Waals surface area (Å²) in [4.78, 5) is 75.0. The van der Waals surface area contributed by atoms with E-state index in [1.165, 1.54) is 28.5 Å². The van der Waals surface area contributed by atoms with Gasteiger partial charge >= 0.3 is 0 Å². The van der Waals surface area contributed by atoms with Crippen molar-refractivity contribution in [2.75, 3.05) is 79.2 Å². The van der Waals surface area contributed by atoms with E-state index >= 15 is 0 Å². The van der Waals surface area contributed by atoms with Crippen molar-refractivity contribution in [1.82, 2.24) is 25.9 Å². The normalized spacial score (nSPS) is 15.0. The van der Waals surface area contributed by atoms with E-state index in [1.54, 1.807) is 96.3 Å². The second-order valence-electron chi connectivity index (χ2n) is 21.4. The number of aromatic hydroxyl groups is 2. The van der Waals surface area contributed by atoms with Crippen molar-refractivity contribution in [3.63, 3.8) is 0 Å². The average Bonchev–Trinajstić information content (AvgIpc) is 2.00. The van der Waals surface area contributed by atoms with Crippen LogP contribution < -0.4 is 20.8 Å². The standard InChI is InChI=1S/C64H72N6O14S2/c1-40(43-8-12-45(13-9-43)58-41(2)65-39-85-58)67-62(77)53-34-50(73)37-70(53)63(78)60(64(3,4)5)68-55(74)38-83-31-30-81-27-26-79-24-25-80-28-29-82-32-33-84-51-21-6-42(7-22-51)36-66-69-61(76)47-14-10-44(11-15-47)57(75)56-52-23-20-49(72)35-54(52)86-59(56)46-16-18-48(71)19-17-46/h6-23,35-36,39-40,50,53,60,71-73H,24-34,37-38H2,1-5H3,(H,67,77)(H,68,74)(H,69,76). The minimum absolute atomic E-state index is 0.0346. The zero-order valence-corrected chi connectivity index (χ0v) is 50.2. The number of rotatable bonds is 30. The van der Waals surface area contributed by atoms with E-state index in [9.17, 15) is 39.3 Å². The number of amides is 4. The van der Waals surface area contributed by atoms with Crippen LogP contribution in [0.25, 0.3) is 31.0 Å². The van der Waals surface area contributed by atoms with Gasteiger partial charge in [-0.05, 0) is 120 Å². The summed E-state index contributed by atoms with van der Waals surface area (Å²) < 4.78 is 34.4. The lowest BCUT2D eigenvalue weighted by atomic mass is 9.85. The number of phenols is 2. The fourth-order valence-corrected chi connectivity index (χ4v) is 11.5. The Balaban J connectivity index is 0.630. The van der Waals surface area contributed by atoms with E-state index in [0.29, 0.717) is 85.6 Å². The first-order valence-corrected chi connectivity index (χ1v) is 29.9. The van der Waals surface area contributed by atoms with Gasteiger partial charge in [0.2, 0.25) is 17.7 Å². The number of ether oxygens (including phenoxy) is 6. The molecule has 1 saturated heterocycles. The first kappa shape index (κ1) is 64.1. The maximum absolute atomic E-state index is 14.0. The molecule has 22 heteroatoms. The number of carbonyl (C=O) groups is 5. The maximum Gasteiger partial charge on any atom is 0.271 e. The topological polar surface area (TPSA) is 266 Å². The van der Waals surface area contributed by atoms with Crippen LogP contribution in [0.2, 0.25) is 0 Å². The molecule has 3 heterocycles. The number of aliphatic hydroxyl groups excluding tert-OH is 1. The van der Waals surface area contributed by atoms with Gasteiger partial charge < -0.3 is 59.3 Å². The van der Waals surface area contributed by atoms with Crippen LogP contribution in [0.5, 0.6) is 17.2 Å². The van der Waals surface area contributed by atoms with Crippen molar-refractivity contribution in [2.24, 2.45) is 10.5 Å². The van der Waals surface area contributed by atoms with Gasteiger partial charge in [0.15, 0.2) is 5.78 Å².